The van der Waals surface area contributed by atoms with E-state index in [1.165, 1.54) is 0 Å². The van der Waals surface area contributed by atoms with Crippen LogP contribution in [0.4, 0.5) is 0 Å². The Kier molecular flexibility index (Phi) is 4.98. The summed E-state index contributed by atoms with van der Waals surface area (Å²) >= 11 is 0. The summed E-state index contributed by atoms with van der Waals surface area (Å²) in [6, 6.07) is 9.85. The number of para-hydroxylation sites is 1. The van der Waals surface area contributed by atoms with Gasteiger partial charge in [-0.1, -0.05) is 37.2 Å². The lowest BCUT2D eigenvalue weighted by molar-refractivity contribution is 0.247. The summed E-state index contributed by atoms with van der Waals surface area (Å²) in [4.78, 5) is 0. The van der Waals surface area contributed by atoms with Crippen molar-refractivity contribution in [1.82, 2.24) is 10.5 Å². The molecular weight excluding hydrogens is 240 g/mol. The Morgan fingerprint density at radius 2 is 2.11 bits per heavy atom. The predicted octanol–water partition coefficient (Wildman–Crippen LogP) is 3.00. The summed E-state index contributed by atoms with van der Waals surface area (Å²) in [7, 11) is 0. The van der Waals surface area contributed by atoms with Crippen LogP contribution in [-0.2, 0) is 13.2 Å². The van der Waals surface area contributed by atoms with Gasteiger partial charge >= 0.3 is 0 Å². The van der Waals surface area contributed by atoms with Crippen LogP contribution < -0.4 is 10.1 Å². The number of hydrogen-bond donors (Lipinski definition) is 1. The average Bonchev–Trinajstić information content (AvgIpc) is 2.90. The van der Waals surface area contributed by atoms with Crippen LogP contribution in [0.1, 0.15) is 25.2 Å². The van der Waals surface area contributed by atoms with Crippen molar-refractivity contribution >= 4 is 0 Å². The molecule has 1 N–H and O–H groups in total. The van der Waals surface area contributed by atoms with Crippen LogP contribution >= 0.6 is 0 Å². The topological polar surface area (TPSA) is 47.3 Å². The van der Waals surface area contributed by atoms with E-state index in [9.17, 15) is 0 Å². The van der Waals surface area contributed by atoms with Crippen LogP contribution in [0.2, 0.25) is 0 Å². The minimum absolute atomic E-state index is 0.404. The Bertz CT molecular complexity index is 481. The fraction of sp³-hybridized carbons (Fsp3) is 0.400. The van der Waals surface area contributed by atoms with Gasteiger partial charge in [0, 0.05) is 18.2 Å². The molecule has 1 heterocycles. The fourth-order valence-corrected chi connectivity index (χ4v) is 1.75. The number of nitrogens with one attached hydrogen (secondary N) is 1. The van der Waals surface area contributed by atoms with E-state index in [4.69, 9.17) is 9.26 Å². The molecule has 4 heteroatoms. The second-order valence-electron chi connectivity index (χ2n) is 4.90. The molecule has 2 aromatic rings. The lowest BCUT2D eigenvalue weighted by Gasteiger charge is -2.12. The van der Waals surface area contributed by atoms with Gasteiger partial charge in [0.1, 0.15) is 12.4 Å². The Hall–Kier alpha value is -1.81. The van der Waals surface area contributed by atoms with Crippen LogP contribution in [0, 0.1) is 5.92 Å². The Balaban J connectivity index is 1.92. The van der Waals surface area contributed by atoms with E-state index >= 15 is 0 Å². The van der Waals surface area contributed by atoms with Crippen molar-refractivity contribution in [3.63, 3.8) is 0 Å². The van der Waals surface area contributed by atoms with Crippen LogP contribution in [-0.4, -0.2) is 11.7 Å². The summed E-state index contributed by atoms with van der Waals surface area (Å²) in [5.74, 6) is 2.25. The SMILES string of the molecule is CC(C)CNCc1ccccc1OCc1ccno1. The van der Waals surface area contributed by atoms with E-state index in [1.54, 1.807) is 12.3 Å². The molecule has 0 aliphatic rings. The van der Waals surface area contributed by atoms with Gasteiger partial charge in [-0.25, -0.2) is 0 Å². The minimum Gasteiger partial charge on any atom is -0.485 e. The molecular formula is C15H20N2O2. The molecule has 0 aliphatic heterocycles. The van der Waals surface area contributed by atoms with Crippen molar-refractivity contribution in [3.05, 3.63) is 47.9 Å². The van der Waals surface area contributed by atoms with Crippen LogP contribution in [0.3, 0.4) is 0 Å². The lowest BCUT2D eigenvalue weighted by Crippen LogP contribution is -2.19. The molecule has 0 amide bonds. The van der Waals surface area contributed by atoms with Gasteiger partial charge in [-0.15, -0.1) is 0 Å². The van der Waals surface area contributed by atoms with Gasteiger partial charge in [-0.3, -0.25) is 0 Å². The van der Waals surface area contributed by atoms with Gasteiger partial charge in [-0.05, 0) is 18.5 Å². The van der Waals surface area contributed by atoms with E-state index in [0.29, 0.717) is 12.5 Å². The number of ether oxygens (including phenoxy) is 1. The zero-order valence-electron chi connectivity index (χ0n) is 11.4. The molecule has 102 valence electrons. The molecule has 0 spiro atoms. The number of benzene rings is 1. The second-order valence-corrected chi connectivity index (χ2v) is 4.90. The zero-order valence-corrected chi connectivity index (χ0v) is 11.4. The van der Waals surface area contributed by atoms with Crippen molar-refractivity contribution in [2.75, 3.05) is 6.54 Å². The highest BCUT2D eigenvalue weighted by Gasteiger charge is 2.05. The Morgan fingerprint density at radius 1 is 1.26 bits per heavy atom. The largest absolute Gasteiger partial charge is 0.485 e. The summed E-state index contributed by atoms with van der Waals surface area (Å²) < 4.78 is 10.8. The quantitative estimate of drug-likeness (QED) is 0.831. The molecule has 0 saturated carbocycles. The van der Waals surface area contributed by atoms with Gasteiger partial charge in [0.25, 0.3) is 0 Å². The molecule has 0 unspecified atom stereocenters. The van der Waals surface area contributed by atoms with Crippen LogP contribution in [0.15, 0.2) is 41.1 Å². The van der Waals surface area contributed by atoms with E-state index in [2.05, 4.69) is 30.4 Å². The maximum Gasteiger partial charge on any atom is 0.174 e. The highest BCUT2D eigenvalue weighted by atomic mass is 16.5. The summed E-state index contributed by atoms with van der Waals surface area (Å²) in [5, 5.41) is 7.08. The minimum atomic E-state index is 0.404. The van der Waals surface area contributed by atoms with Gasteiger partial charge in [0.05, 0.1) is 6.20 Å². The molecule has 0 aliphatic carbocycles. The van der Waals surface area contributed by atoms with Crippen molar-refractivity contribution in [1.29, 1.82) is 0 Å². The molecule has 0 radical (unpaired) electrons. The summed E-state index contributed by atoms with van der Waals surface area (Å²) in [6.45, 7) is 6.60. The molecule has 0 bridgehead atoms. The maximum atomic E-state index is 5.77. The first-order chi connectivity index (χ1) is 9.25. The van der Waals surface area contributed by atoms with Gasteiger partial charge in [0.2, 0.25) is 0 Å². The Morgan fingerprint density at radius 3 is 2.84 bits per heavy atom. The van der Waals surface area contributed by atoms with Crippen LogP contribution in [0.25, 0.3) is 0 Å². The molecule has 2 rings (SSSR count). The highest BCUT2D eigenvalue weighted by Crippen LogP contribution is 2.19. The standard InChI is InChI=1S/C15H20N2O2/c1-12(2)9-16-10-13-5-3-4-6-15(13)18-11-14-7-8-17-19-14/h3-8,12,16H,9-11H2,1-2H3. The lowest BCUT2D eigenvalue weighted by atomic mass is 10.2. The first-order valence-corrected chi connectivity index (χ1v) is 6.56. The molecule has 1 aromatic heterocycles. The number of hydrogen-bond acceptors (Lipinski definition) is 4. The summed E-state index contributed by atoms with van der Waals surface area (Å²) in [6.07, 6.45) is 1.62. The van der Waals surface area contributed by atoms with E-state index in [1.807, 2.05) is 18.2 Å². The molecule has 19 heavy (non-hydrogen) atoms. The average molecular weight is 260 g/mol. The maximum absolute atomic E-state index is 5.77. The van der Waals surface area contributed by atoms with E-state index in [0.717, 1.165) is 30.2 Å². The second kappa shape index (κ2) is 6.95. The molecule has 4 nitrogen and oxygen atoms in total. The first kappa shape index (κ1) is 13.6. The smallest absolute Gasteiger partial charge is 0.174 e. The first-order valence-electron chi connectivity index (χ1n) is 6.56. The van der Waals surface area contributed by atoms with Crippen molar-refractivity contribution in [3.8, 4) is 5.75 Å². The number of nitrogens with zero attached hydrogens (tertiary/aromatic N) is 1. The van der Waals surface area contributed by atoms with Crippen molar-refractivity contribution in [2.24, 2.45) is 5.92 Å². The normalized spacial score (nSPS) is 10.9. The molecule has 0 fully saturated rings. The zero-order chi connectivity index (χ0) is 13.5. The van der Waals surface area contributed by atoms with Gasteiger partial charge in [0.15, 0.2) is 5.76 Å². The molecule has 0 atom stereocenters. The van der Waals surface area contributed by atoms with Crippen molar-refractivity contribution < 1.29 is 9.26 Å². The van der Waals surface area contributed by atoms with Crippen LogP contribution in [0.5, 0.6) is 5.75 Å². The van der Waals surface area contributed by atoms with Crippen molar-refractivity contribution in [2.45, 2.75) is 27.0 Å². The summed E-state index contributed by atoms with van der Waals surface area (Å²) in [5.41, 5.74) is 1.16. The van der Waals surface area contributed by atoms with E-state index < -0.39 is 0 Å². The highest BCUT2D eigenvalue weighted by molar-refractivity contribution is 5.33. The van der Waals surface area contributed by atoms with E-state index in [-0.39, 0.29) is 0 Å². The third kappa shape index (κ3) is 4.41. The molecule has 1 aromatic carbocycles. The predicted molar refractivity (Wildman–Crippen MR) is 73.8 cm³/mol. The van der Waals surface area contributed by atoms with Gasteiger partial charge in [-0.2, -0.15) is 0 Å². The third-order valence-electron chi connectivity index (χ3n) is 2.70. The number of aromatic nitrogens is 1. The third-order valence-corrected chi connectivity index (χ3v) is 2.70. The Labute approximate surface area is 113 Å². The monoisotopic (exact) mass is 260 g/mol. The van der Waals surface area contributed by atoms with Gasteiger partial charge < -0.3 is 14.6 Å². The number of rotatable bonds is 7. The fourth-order valence-electron chi connectivity index (χ4n) is 1.75. The molecule has 0 saturated heterocycles.